The molecule has 2 aliphatic heterocycles. The molecule has 1 saturated heterocycles. The quantitative estimate of drug-likeness (QED) is 0.770. The molecule has 1 unspecified atom stereocenters. The molecule has 1 spiro atoms. The summed E-state index contributed by atoms with van der Waals surface area (Å²) in [7, 11) is 3.31. The molecule has 6 rings (SSSR count). The summed E-state index contributed by atoms with van der Waals surface area (Å²) in [6.45, 7) is 2.01. The van der Waals surface area contributed by atoms with E-state index in [9.17, 15) is 10.2 Å². The van der Waals surface area contributed by atoms with Crippen LogP contribution in [0.5, 0.6) is 11.5 Å². The normalized spacial score (nSPS) is 40.1. The number of phenols is 1. The Morgan fingerprint density at radius 2 is 1.96 bits per heavy atom. The van der Waals surface area contributed by atoms with E-state index in [1.165, 1.54) is 18.4 Å². The number of piperidine rings is 1. The lowest BCUT2D eigenvalue weighted by Crippen LogP contribution is -2.79. The maximum Gasteiger partial charge on any atom is 0.206 e. The molecule has 3 aliphatic carbocycles. The predicted octanol–water partition coefficient (Wildman–Crippen LogP) is 1.95. The summed E-state index contributed by atoms with van der Waals surface area (Å²) >= 11 is 0. The van der Waals surface area contributed by atoms with Gasteiger partial charge < -0.3 is 24.4 Å². The predicted molar refractivity (Wildman–Crippen MR) is 102 cm³/mol. The third-order valence-corrected chi connectivity index (χ3v) is 8.46. The van der Waals surface area contributed by atoms with Crippen molar-refractivity contribution < 1.29 is 24.4 Å². The Balaban J connectivity index is 1.57. The van der Waals surface area contributed by atoms with Crippen LogP contribution in [0.4, 0.5) is 0 Å². The average molecular weight is 387 g/mol. The minimum atomic E-state index is -0.921. The molecule has 28 heavy (non-hydrogen) atoms. The van der Waals surface area contributed by atoms with Crippen LogP contribution >= 0.6 is 0 Å². The Hall–Kier alpha value is -1.34. The number of ether oxygens (including phenoxy) is 3. The standard InChI is InChI=1S/C22H29NO5/c1-26-22(27-2)8-7-21(25)16-11-14-5-6-15(24)18-17(14)20(21,19(22)28-18)9-10-23(16)12-13-3-4-13/h5-6,13,16,19,24-25H,3-4,7-12H2,1-2H3/t16-,19?,20+,21-/m1/s1. The van der Waals surface area contributed by atoms with Gasteiger partial charge in [0.1, 0.15) is 0 Å². The number of rotatable bonds is 4. The van der Waals surface area contributed by atoms with Gasteiger partial charge in [-0.1, -0.05) is 6.07 Å². The first-order valence-electron chi connectivity index (χ1n) is 10.6. The fourth-order valence-electron chi connectivity index (χ4n) is 6.94. The molecule has 4 atom stereocenters. The van der Waals surface area contributed by atoms with E-state index in [0.29, 0.717) is 18.6 Å². The minimum Gasteiger partial charge on any atom is -0.504 e. The molecule has 2 heterocycles. The summed E-state index contributed by atoms with van der Waals surface area (Å²) in [6.07, 6.45) is 4.91. The Morgan fingerprint density at radius 3 is 2.68 bits per heavy atom. The fourth-order valence-corrected chi connectivity index (χ4v) is 6.94. The van der Waals surface area contributed by atoms with Crippen molar-refractivity contribution >= 4 is 0 Å². The van der Waals surface area contributed by atoms with Crippen LogP contribution in [0, 0.1) is 5.92 Å². The van der Waals surface area contributed by atoms with Gasteiger partial charge in [-0.3, -0.25) is 4.90 Å². The molecule has 3 fully saturated rings. The van der Waals surface area contributed by atoms with Crippen molar-refractivity contribution in [2.45, 2.75) is 67.5 Å². The zero-order chi connectivity index (χ0) is 19.3. The van der Waals surface area contributed by atoms with Gasteiger partial charge in [0.15, 0.2) is 17.6 Å². The number of benzene rings is 1. The van der Waals surface area contributed by atoms with Crippen LogP contribution < -0.4 is 4.74 Å². The highest BCUT2D eigenvalue weighted by Gasteiger charge is 2.76. The van der Waals surface area contributed by atoms with Crippen LogP contribution in [-0.4, -0.2) is 66.0 Å². The molecular weight excluding hydrogens is 358 g/mol. The molecule has 2 saturated carbocycles. The van der Waals surface area contributed by atoms with Crippen molar-refractivity contribution in [2.24, 2.45) is 5.92 Å². The number of aliphatic hydroxyl groups is 1. The number of aromatic hydroxyl groups is 1. The first-order valence-corrected chi connectivity index (χ1v) is 10.6. The van der Waals surface area contributed by atoms with Gasteiger partial charge in [0, 0.05) is 38.8 Å². The highest BCUT2D eigenvalue weighted by Crippen LogP contribution is 2.67. The Labute approximate surface area is 165 Å². The second kappa shape index (κ2) is 5.42. The summed E-state index contributed by atoms with van der Waals surface area (Å²) in [5, 5.41) is 22.9. The lowest BCUT2D eigenvalue weighted by atomic mass is 9.48. The molecule has 0 amide bonds. The van der Waals surface area contributed by atoms with Gasteiger partial charge in [0.05, 0.1) is 11.0 Å². The summed E-state index contributed by atoms with van der Waals surface area (Å²) in [5.41, 5.74) is 0.676. The van der Waals surface area contributed by atoms with Gasteiger partial charge in [0.25, 0.3) is 0 Å². The van der Waals surface area contributed by atoms with E-state index in [1.54, 1.807) is 20.3 Å². The van der Waals surface area contributed by atoms with Gasteiger partial charge in [-0.25, -0.2) is 0 Å². The number of phenolic OH excluding ortho intramolecular Hbond substituents is 1. The maximum absolute atomic E-state index is 12.3. The zero-order valence-corrected chi connectivity index (χ0v) is 16.6. The highest BCUT2D eigenvalue weighted by molar-refractivity contribution is 5.62. The molecule has 1 aromatic rings. The van der Waals surface area contributed by atoms with Crippen molar-refractivity contribution in [1.82, 2.24) is 4.90 Å². The van der Waals surface area contributed by atoms with Gasteiger partial charge >= 0.3 is 0 Å². The van der Waals surface area contributed by atoms with Crippen LogP contribution in [0.2, 0.25) is 0 Å². The van der Waals surface area contributed by atoms with Crippen LogP contribution in [0.15, 0.2) is 12.1 Å². The summed E-state index contributed by atoms with van der Waals surface area (Å²) in [5.74, 6) is 0.529. The van der Waals surface area contributed by atoms with E-state index in [1.807, 2.05) is 6.07 Å². The Kier molecular flexibility index (Phi) is 3.39. The monoisotopic (exact) mass is 387 g/mol. The molecule has 6 heteroatoms. The molecule has 0 aromatic heterocycles. The van der Waals surface area contributed by atoms with Crippen molar-refractivity contribution in [3.63, 3.8) is 0 Å². The Morgan fingerprint density at radius 1 is 1.18 bits per heavy atom. The van der Waals surface area contributed by atoms with E-state index in [2.05, 4.69) is 4.90 Å². The highest BCUT2D eigenvalue weighted by atomic mass is 16.7. The molecule has 2 bridgehead atoms. The number of likely N-dealkylation sites (tertiary alicyclic amines) is 1. The van der Waals surface area contributed by atoms with Crippen LogP contribution in [0.25, 0.3) is 0 Å². The minimum absolute atomic E-state index is 0.0719. The van der Waals surface area contributed by atoms with E-state index in [0.717, 1.165) is 37.4 Å². The van der Waals surface area contributed by atoms with Crippen molar-refractivity contribution in [2.75, 3.05) is 27.3 Å². The smallest absolute Gasteiger partial charge is 0.206 e. The lowest BCUT2D eigenvalue weighted by molar-refractivity contribution is -0.319. The largest absolute Gasteiger partial charge is 0.504 e. The third-order valence-electron chi connectivity index (χ3n) is 8.46. The van der Waals surface area contributed by atoms with Gasteiger partial charge in [0.2, 0.25) is 5.79 Å². The number of nitrogens with zero attached hydrogens (tertiary/aromatic N) is 1. The van der Waals surface area contributed by atoms with Gasteiger partial charge in [-0.15, -0.1) is 0 Å². The summed E-state index contributed by atoms with van der Waals surface area (Å²) < 4.78 is 18.2. The van der Waals surface area contributed by atoms with Crippen LogP contribution in [0.1, 0.15) is 43.2 Å². The number of hydrogen-bond donors (Lipinski definition) is 2. The fraction of sp³-hybridized carbons (Fsp3) is 0.727. The van der Waals surface area contributed by atoms with Crippen molar-refractivity contribution in [3.05, 3.63) is 23.3 Å². The number of hydrogen-bond acceptors (Lipinski definition) is 6. The van der Waals surface area contributed by atoms with Crippen molar-refractivity contribution in [3.8, 4) is 11.5 Å². The first kappa shape index (κ1) is 17.5. The molecule has 152 valence electrons. The van der Waals surface area contributed by atoms with E-state index >= 15 is 0 Å². The Bertz CT molecular complexity index is 834. The van der Waals surface area contributed by atoms with Crippen molar-refractivity contribution in [1.29, 1.82) is 0 Å². The number of methoxy groups -OCH3 is 2. The first-order chi connectivity index (χ1) is 13.5. The van der Waals surface area contributed by atoms with Gasteiger partial charge in [-0.05, 0) is 56.2 Å². The van der Waals surface area contributed by atoms with Crippen LogP contribution in [0.3, 0.4) is 0 Å². The molecule has 1 aromatic carbocycles. The van der Waals surface area contributed by atoms with E-state index in [-0.39, 0.29) is 11.8 Å². The molecular formula is C22H29NO5. The topological polar surface area (TPSA) is 71.4 Å². The average Bonchev–Trinajstić information content (AvgIpc) is 3.43. The summed E-state index contributed by atoms with van der Waals surface area (Å²) in [4.78, 5) is 2.53. The molecule has 2 N–H and O–H groups in total. The van der Waals surface area contributed by atoms with E-state index in [4.69, 9.17) is 14.2 Å². The lowest BCUT2D eigenvalue weighted by Gasteiger charge is -2.65. The molecule has 6 nitrogen and oxygen atoms in total. The molecule has 0 radical (unpaired) electrons. The maximum atomic E-state index is 12.3. The summed E-state index contributed by atoms with van der Waals surface area (Å²) in [6, 6.07) is 3.82. The van der Waals surface area contributed by atoms with Crippen LogP contribution in [-0.2, 0) is 21.3 Å². The molecule has 5 aliphatic rings. The second-order valence-electron chi connectivity index (χ2n) is 9.47. The van der Waals surface area contributed by atoms with Gasteiger partial charge in [-0.2, -0.15) is 0 Å². The SMILES string of the molecule is COC1(OC)CC[C@@]2(O)[C@H]3Cc4ccc(O)c5c4[C@@]2(CCN3CC2CC2)C1O5. The zero-order valence-electron chi connectivity index (χ0n) is 16.6. The third kappa shape index (κ3) is 1.84. The van der Waals surface area contributed by atoms with E-state index < -0.39 is 22.9 Å². The second-order valence-corrected chi connectivity index (χ2v) is 9.47.